The van der Waals surface area contributed by atoms with Crippen LogP contribution in [0.2, 0.25) is 0 Å². The van der Waals surface area contributed by atoms with Crippen molar-refractivity contribution in [3.63, 3.8) is 0 Å². The maximum absolute atomic E-state index is 5.33. The van der Waals surface area contributed by atoms with Crippen LogP contribution < -0.4 is 5.73 Å². The van der Waals surface area contributed by atoms with Gasteiger partial charge in [-0.2, -0.15) is 0 Å². The van der Waals surface area contributed by atoms with Gasteiger partial charge in [-0.1, -0.05) is 20.8 Å². The van der Waals surface area contributed by atoms with E-state index in [2.05, 4.69) is 25.7 Å². The molecule has 2 N–H and O–H groups in total. The molecular formula is C10H24N2O. The van der Waals surface area contributed by atoms with E-state index in [9.17, 15) is 0 Å². The Morgan fingerprint density at radius 3 is 2.46 bits per heavy atom. The molecule has 80 valence electrons. The molecule has 0 bridgehead atoms. The van der Waals surface area contributed by atoms with Crippen LogP contribution in [0, 0.1) is 5.92 Å². The summed E-state index contributed by atoms with van der Waals surface area (Å²) in [5.41, 5.74) is 5.32. The summed E-state index contributed by atoms with van der Waals surface area (Å²) in [6, 6.07) is 0. The summed E-state index contributed by atoms with van der Waals surface area (Å²) in [4.78, 5) is 2.40. The summed E-state index contributed by atoms with van der Waals surface area (Å²) < 4.78 is 5.33. The van der Waals surface area contributed by atoms with Crippen LogP contribution in [0.3, 0.4) is 0 Å². The van der Waals surface area contributed by atoms with E-state index in [4.69, 9.17) is 10.5 Å². The monoisotopic (exact) mass is 188 g/mol. The normalized spacial score (nSPS) is 11.5. The Labute approximate surface area is 82.2 Å². The van der Waals surface area contributed by atoms with Crippen LogP contribution in [0.5, 0.6) is 0 Å². The average Bonchev–Trinajstić information content (AvgIpc) is 2.09. The van der Waals surface area contributed by atoms with Gasteiger partial charge in [-0.3, -0.25) is 0 Å². The zero-order valence-corrected chi connectivity index (χ0v) is 9.25. The number of nitrogens with zero attached hydrogens (tertiary/aromatic N) is 1. The van der Waals surface area contributed by atoms with Gasteiger partial charge in [0.25, 0.3) is 0 Å². The summed E-state index contributed by atoms with van der Waals surface area (Å²) >= 11 is 0. The van der Waals surface area contributed by atoms with Gasteiger partial charge in [-0.15, -0.1) is 0 Å². The molecule has 0 aliphatic heterocycles. The molecule has 0 amide bonds. The molecule has 0 heterocycles. The summed E-state index contributed by atoms with van der Waals surface area (Å²) in [7, 11) is 0. The molecular weight excluding hydrogens is 164 g/mol. The van der Waals surface area contributed by atoms with Gasteiger partial charge in [0.15, 0.2) is 0 Å². The van der Waals surface area contributed by atoms with Gasteiger partial charge in [-0.25, -0.2) is 0 Å². The van der Waals surface area contributed by atoms with Crippen LogP contribution in [0.1, 0.15) is 20.8 Å². The van der Waals surface area contributed by atoms with Crippen molar-refractivity contribution in [1.29, 1.82) is 0 Å². The smallest absolute Gasteiger partial charge is 0.0594 e. The molecule has 3 nitrogen and oxygen atoms in total. The molecule has 0 radical (unpaired) electrons. The topological polar surface area (TPSA) is 38.5 Å². The maximum atomic E-state index is 5.33. The fraction of sp³-hybridized carbons (Fsp3) is 1.00. The van der Waals surface area contributed by atoms with Crippen LogP contribution in [0.4, 0.5) is 0 Å². The predicted molar refractivity (Wildman–Crippen MR) is 56.8 cm³/mol. The molecule has 0 saturated carbocycles. The Kier molecular flexibility index (Phi) is 8.40. The Morgan fingerprint density at radius 1 is 1.31 bits per heavy atom. The van der Waals surface area contributed by atoms with Gasteiger partial charge in [0.1, 0.15) is 0 Å². The molecule has 0 aromatic carbocycles. The number of rotatable bonds is 8. The van der Waals surface area contributed by atoms with Crippen LogP contribution >= 0.6 is 0 Å². The van der Waals surface area contributed by atoms with Gasteiger partial charge in [-0.05, 0) is 12.5 Å². The lowest BCUT2D eigenvalue weighted by Gasteiger charge is -2.22. The molecule has 0 unspecified atom stereocenters. The molecule has 0 aromatic heterocycles. The summed E-state index contributed by atoms with van der Waals surface area (Å²) in [5, 5.41) is 0. The van der Waals surface area contributed by atoms with Gasteiger partial charge >= 0.3 is 0 Å². The van der Waals surface area contributed by atoms with Crippen molar-refractivity contribution in [3.05, 3.63) is 0 Å². The highest BCUT2D eigenvalue weighted by atomic mass is 16.5. The first-order valence-electron chi connectivity index (χ1n) is 5.20. The Hall–Kier alpha value is -0.120. The number of hydrogen-bond acceptors (Lipinski definition) is 3. The Balaban J connectivity index is 3.36. The lowest BCUT2D eigenvalue weighted by Crippen LogP contribution is -2.31. The van der Waals surface area contributed by atoms with Gasteiger partial charge < -0.3 is 15.4 Å². The van der Waals surface area contributed by atoms with E-state index in [0.29, 0.717) is 13.2 Å². The van der Waals surface area contributed by atoms with Crippen molar-refractivity contribution in [2.45, 2.75) is 20.8 Å². The van der Waals surface area contributed by atoms with Crippen LogP contribution in [0.15, 0.2) is 0 Å². The fourth-order valence-electron chi connectivity index (χ4n) is 1.27. The highest BCUT2D eigenvalue weighted by Crippen LogP contribution is 1.97. The predicted octanol–water partition coefficient (Wildman–Crippen LogP) is 0.940. The van der Waals surface area contributed by atoms with Gasteiger partial charge in [0, 0.05) is 19.6 Å². The van der Waals surface area contributed by atoms with E-state index < -0.39 is 0 Å². The second-order valence-electron chi connectivity index (χ2n) is 3.69. The van der Waals surface area contributed by atoms with E-state index in [0.717, 1.165) is 32.2 Å². The Morgan fingerprint density at radius 2 is 2.00 bits per heavy atom. The number of hydrogen-bond donors (Lipinski definition) is 1. The lowest BCUT2D eigenvalue weighted by molar-refractivity contribution is 0.107. The third kappa shape index (κ3) is 8.22. The van der Waals surface area contributed by atoms with Crippen LogP contribution in [-0.4, -0.2) is 44.3 Å². The fourth-order valence-corrected chi connectivity index (χ4v) is 1.27. The largest absolute Gasteiger partial charge is 0.379 e. The third-order valence-corrected chi connectivity index (χ3v) is 1.88. The van der Waals surface area contributed by atoms with E-state index >= 15 is 0 Å². The minimum absolute atomic E-state index is 0.621. The molecule has 0 spiro atoms. The molecule has 0 rings (SSSR count). The number of nitrogens with two attached hydrogens (primary N) is 1. The quantitative estimate of drug-likeness (QED) is 0.576. The van der Waals surface area contributed by atoms with Gasteiger partial charge in [0.05, 0.1) is 13.2 Å². The number of ether oxygens (including phenoxy) is 1. The van der Waals surface area contributed by atoms with Crippen molar-refractivity contribution < 1.29 is 4.74 Å². The highest BCUT2D eigenvalue weighted by Gasteiger charge is 2.03. The van der Waals surface area contributed by atoms with Crippen molar-refractivity contribution >= 4 is 0 Å². The molecule has 13 heavy (non-hydrogen) atoms. The van der Waals surface area contributed by atoms with Crippen LogP contribution in [-0.2, 0) is 4.74 Å². The summed E-state index contributed by atoms with van der Waals surface area (Å²) in [5.74, 6) is 0.731. The van der Waals surface area contributed by atoms with E-state index in [1.807, 2.05) is 0 Å². The van der Waals surface area contributed by atoms with Crippen molar-refractivity contribution in [3.8, 4) is 0 Å². The van der Waals surface area contributed by atoms with Crippen LogP contribution in [0.25, 0.3) is 0 Å². The second kappa shape index (κ2) is 8.48. The summed E-state index contributed by atoms with van der Waals surface area (Å²) in [6.45, 7) is 12.0. The standard InChI is InChI=1S/C10H24N2O/c1-4-12(9-10(2)3)6-8-13-7-5-11/h10H,4-9,11H2,1-3H3. The summed E-state index contributed by atoms with van der Waals surface area (Å²) in [6.07, 6.45) is 0. The molecule has 0 aliphatic rings. The first kappa shape index (κ1) is 12.9. The highest BCUT2D eigenvalue weighted by molar-refractivity contribution is 4.57. The van der Waals surface area contributed by atoms with Crippen molar-refractivity contribution in [2.75, 3.05) is 39.4 Å². The van der Waals surface area contributed by atoms with Gasteiger partial charge in [0.2, 0.25) is 0 Å². The molecule has 0 atom stereocenters. The minimum atomic E-state index is 0.621. The van der Waals surface area contributed by atoms with E-state index in [1.54, 1.807) is 0 Å². The van der Waals surface area contributed by atoms with Crippen molar-refractivity contribution in [1.82, 2.24) is 4.90 Å². The van der Waals surface area contributed by atoms with E-state index in [-0.39, 0.29) is 0 Å². The maximum Gasteiger partial charge on any atom is 0.0594 e. The van der Waals surface area contributed by atoms with E-state index in [1.165, 1.54) is 0 Å². The molecule has 0 fully saturated rings. The first-order chi connectivity index (χ1) is 6.20. The second-order valence-corrected chi connectivity index (χ2v) is 3.69. The zero-order chi connectivity index (χ0) is 10.1. The van der Waals surface area contributed by atoms with Crippen molar-refractivity contribution in [2.24, 2.45) is 11.7 Å². The molecule has 0 aliphatic carbocycles. The minimum Gasteiger partial charge on any atom is -0.379 e. The molecule has 0 saturated heterocycles. The number of likely N-dealkylation sites (N-methyl/N-ethyl adjacent to an activating group) is 1. The molecule has 0 aromatic rings. The Bertz CT molecular complexity index is 107. The average molecular weight is 188 g/mol. The SMILES string of the molecule is CCN(CCOCCN)CC(C)C. The first-order valence-corrected chi connectivity index (χ1v) is 5.20. The zero-order valence-electron chi connectivity index (χ0n) is 9.25. The lowest BCUT2D eigenvalue weighted by atomic mass is 10.2. The molecule has 3 heteroatoms. The third-order valence-electron chi connectivity index (χ3n) is 1.88.